The van der Waals surface area contributed by atoms with Crippen molar-refractivity contribution in [3.63, 3.8) is 0 Å². The van der Waals surface area contributed by atoms with E-state index in [-0.39, 0.29) is 30.4 Å². The topological polar surface area (TPSA) is 99.5 Å². The van der Waals surface area contributed by atoms with Crippen molar-refractivity contribution in [1.82, 2.24) is 26.1 Å². The fourth-order valence-corrected chi connectivity index (χ4v) is 5.81. The van der Waals surface area contributed by atoms with Crippen molar-refractivity contribution in [1.29, 1.82) is 0 Å². The van der Waals surface area contributed by atoms with Gasteiger partial charge in [-0.3, -0.25) is 25.4 Å². The highest BCUT2D eigenvalue weighted by atomic mass is 79.9. The van der Waals surface area contributed by atoms with Crippen LogP contribution in [0.4, 0.5) is 0 Å². The first-order valence-electron chi connectivity index (χ1n) is 14.1. The summed E-state index contributed by atoms with van der Waals surface area (Å²) in [6.45, 7) is 0.526. The first kappa shape index (κ1) is 29.3. The molecule has 0 spiro atoms. The SMILES string of the molecule is O=C(Cn1cc(C2=N[C@@H](c3ccccc3)[C@H](c3ccccc3)NC2=O)c2cc(Br)ccc21)NNC(=S)NCc1ccccc1. The second-order valence-electron chi connectivity index (χ2n) is 10.4. The lowest BCUT2D eigenvalue weighted by molar-refractivity contribution is -0.122. The molecular formula is C34H29BrN6O2S. The van der Waals surface area contributed by atoms with Gasteiger partial charge in [0.15, 0.2) is 5.11 Å². The van der Waals surface area contributed by atoms with Crippen molar-refractivity contribution in [2.45, 2.75) is 25.2 Å². The lowest BCUT2D eigenvalue weighted by Crippen LogP contribution is -2.47. The third-order valence-electron chi connectivity index (χ3n) is 7.41. The van der Waals surface area contributed by atoms with Crippen molar-refractivity contribution in [3.05, 3.63) is 142 Å². The number of carbonyl (C=O) groups is 2. The molecule has 4 aromatic carbocycles. The molecule has 0 unspecified atom stereocenters. The van der Waals surface area contributed by atoms with Gasteiger partial charge in [-0.15, -0.1) is 0 Å². The third-order valence-corrected chi connectivity index (χ3v) is 8.15. The van der Waals surface area contributed by atoms with Crippen LogP contribution in [0.25, 0.3) is 10.9 Å². The van der Waals surface area contributed by atoms with Gasteiger partial charge >= 0.3 is 0 Å². The maximum atomic E-state index is 13.7. The fourth-order valence-electron chi connectivity index (χ4n) is 5.33. The third kappa shape index (κ3) is 6.56. The van der Waals surface area contributed by atoms with Gasteiger partial charge < -0.3 is 15.2 Å². The molecule has 8 nitrogen and oxygen atoms in total. The maximum Gasteiger partial charge on any atom is 0.270 e. The summed E-state index contributed by atoms with van der Waals surface area (Å²) in [5.74, 6) is -0.576. The van der Waals surface area contributed by atoms with Crippen LogP contribution >= 0.6 is 28.1 Å². The minimum absolute atomic E-state index is 0.00388. The van der Waals surface area contributed by atoms with Crippen LogP contribution in [0.15, 0.2) is 125 Å². The Bertz CT molecular complexity index is 1840. The molecule has 6 rings (SSSR count). The number of halogens is 1. The van der Waals surface area contributed by atoms with Crippen LogP contribution in [0.3, 0.4) is 0 Å². The van der Waals surface area contributed by atoms with Gasteiger partial charge in [-0.2, -0.15) is 0 Å². The number of rotatable bonds is 7. The van der Waals surface area contributed by atoms with E-state index in [0.29, 0.717) is 22.9 Å². The molecule has 2 amide bonds. The molecule has 2 heterocycles. The standard InChI is InChI=1S/C34H29BrN6O2S/c35-25-16-17-28-26(18-25)27(20-41(28)21-29(42)39-40-34(44)36-19-22-10-4-1-5-11-22)32-33(43)38-31(24-14-8-3-9-15-24)30(37-32)23-12-6-2-7-13-23/h1-18,20,30-31H,19,21H2,(H,38,43)(H,39,42)(H2,36,40,44)/t30-,31-/m0/s1. The summed E-state index contributed by atoms with van der Waals surface area (Å²) in [6, 6.07) is 34.8. The van der Waals surface area contributed by atoms with Gasteiger partial charge in [-0.05, 0) is 47.1 Å². The van der Waals surface area contributed by atoms with E-state index in [1.54, 1.807) is 0 Å². The first-order valence-corrected chi connectivity index (χ1v) is 15.3. The summed E-state index contributed by atoms with van der Waals surface area (Å²) >= 11 is 8.88. The molecule has 0 aliphatic carbocycles. The number of nitrogens with one attached hydrogen (secondary N) is 4. The predicted molar refractivity (Wildman–Crippen MR) is 180 cm³/mol. The van der Waals surface area contributed by atoms with Crippen LogP contribution in [0.2, 0.25) is 0 Å². The number of aromatic nitrogens is 1. The van der Waals surface area contributed by atoms with Crippen molar-refractivity contribution in [2.75, 3.05) is 0 Å². The quantitative estimate of drug-likeness (QED) is 0.136. The maximum absolute atomic E-state index is 13.7. The van der Waals surface area contributed by atoms with Crippen molar-refractivity contribution in [2.24, 2.45) is 4.99 Å². The summed E-state index contributed by atoms with van der Waals surface area (Å²) in [6.07, 6.45) is 1.81. The highest BCUT2D eigenvalue weighted by molar-refractivity contribution is 9.10. The Morgan fingerprint density at radius 1 is 0.886 bits per heavy atom. The van der Waals surface area contributed by atoms with Crippen LogP contribution in [-0.2, 0) is 22.7 Å². The van der Waals surface area contributed by atoms with E-state index in [4.69, 9.17) is 17.2 Å². The molecule has 220 valence electrons. The summed E-state index contributed by atoms with van der Waals surface area (Å²) in [5.41, 5.74) is 10.2. The molecule has 0 bridgehead atoms. The average Bonchev–Trinajstić information content (AvgIpc) is 3.40. The van der Waals surface area contributed by atoms with E-state index in [1.165, 1.54) is 0 Å². The molecule has 2 atom stereocenters. The van der Waals surface area contributed by atoms with E-state index >= 15 is 0 Å². The number of benzene rings is 4. The largest absolute Gasteiger partial charge is 0.357 e. The monoisotopic (exact) mass is 664 g/mol. The van der Waals surface area contributed by atoms with Crippen molar-refractivity contribution >= 4 is 61.7 Å². The van der Waals surface area contributed by atoms with Gasteiger partial charge in [-0.25, -0.2) is 0 Å². The molecule has 0 fully saturated rings. The molecule has 4 N–H and O–H groups in total. The number of hydrogen-bond donors (Lipinski definition) is 4. The molecule has 1 aliphatic rings. The Morgan fingerprint density at radius 3 is 2.25 bits per heavy atom. The molecule has 1 aromatic heterocycles. The van der Waals surface area contributed by atoms with E-state index in [2.05, 4.69) is 37.4 Å². The molecule has 0 radical (unpaired) electrons. The van der Waals surface area contributed by atoms with E-state index in [9.17, 15) is 9.59 Å². The zero-order valence-corrected chi connectivity index (χ0v) is 25.9. The van der Waals surface area contributed by atoms with Crippen LogP contribution < -0.4 is 21.5 Å². The second kappa shape index (κ2) is 13.2. The summed E-state index contributed by atoms with van der Waals surface area (Å²) in [4.78, 5) is 31.7. The molecular weight excluding hydrogens is 636 g/mol. The number of carbonyl (C=O) groups excluding carboxylic acids is 2. The number of thiocarbonyl (C=S) groups is 1. The highest BCUT2D eigenvalue weighted by Crippen LogP contribution is 2.37. The minimum atomic E-state index is -0.339. The number of fused-ring (bicyclic) bond motifs is 1. The van der Waals surface area contributed by atoms with Crippen LogP contribution in [0.1, 0.15) is 34.3 Å². The number of hydrogen-bond acceptors (Lipinski definition) is 4. The molecule has 0 saturated heterocycles. The Labute approximate surface area is 268 Å². The summed E-state index contributed by atoms with van der Waals surface area (Å²) in [5, 5.41) is 7.39. The van der Waals surface area contributed by atoms with Gasteiger partial charge in [0.05, 0.1) is 6.04 Å². The fraction of sp³-hybridized carbons (Fsp3) is 0.118. The molecule has 0 saturated carbocycles. The van der Waals surface area contributed by atoms with Crippen LogP contribution in [0.5, 0.6) is 0 Å². The number of hydrazine groups is 1. The Kier molecular flexibility index (Phi) is 8.81. The highest BCUT2D eigenvalue weighted by Gasteiger charge is 2.34. The van der Waals surface area contributed by atoms with E-state index in [0.717, 1.165) is 32.1 Å². The number of aliphatic imine (C=N–C) groups is 1. The Morgan fingerprint density at radius 2 is 1.55 bits per heavy atom. The molecule has 44 heavy (non-hydrogen) atoms. The molecule has 1 aliphatic heterocycles. The van der Waals surface area contributed by atoms with E-state index < -0.39 is 0 Å². The zero-order valence-electron chi connectivity index (χ0n) is 23.5. The van der Waals surface area contributed by atoms with Gasteiger partial charge in [-0.1, -0.05) is 107 Å². The smallest absolute Gasteiger partial charge is 0.270 e. The first-order chi connectivity index (χ1) is 21.5. The lowest BCUT2D eigenvalue weighted by atomic mass is 9.91. The van der Waals surface area contributed by atoms with Gasteiger partial charge in [0.2, 0.25) is 0 Å². The normalized spacial score (nSPS) is 16.1. The predicted octanol–water partition coefficient (Wildman–Crippen LogP) is 5.50. The summed E-state index contributed by atoms with van der Waals surface area (Å²) in [7, 11) is 0. The van der Waals surface area contributed by atoms with Crippen LogP contribution in [-0.4, -0.2) is 27.2 Å². The minimum Gasteiger partial charge on any atom is -0.357 e. The second-order valence-corrected chi connectivity index (χ2v) is 11.7. The van der Waals surface area contributed by atoms with E-state index in [1.807, 2.05) is 120 Å². The summed E-state index contributed by atoms with van der Waals surface area (Å²) < 4.78 is 2.66. The Balaban J connectivity index is 1.26. The number of nitrogens with zero attached hydrogens (tertiary/aromatic N) is 2. The van der Waals surface area contributed by atoms with Gasteiger partial charge in [0.1, 0.15) is 18.3 Å². The van der Waals surface area contributed by atoms with Gasteiger partial charge in [0, 0.05) is 33.7 Å². The lowest BCUT2D eigenvalue weighted by Gasteiger charge is -2.31. The Hall–Kier alpha value is -4.80. The van der Waals surface area contributed by atoms with Crippen molar-refractivity contribution in [3.8, 4) is 0 Å². The van der Waals surface area contributed by atoms with Crippen molar-refractivity contribution < 1.29 is 9.59 Å². The van der Waals surface area contributed by atoms with Gasteiger partial charge in [0.25, 0.3) is 11.8 Å². The zero-order chi connectivity index (χ0) is 30.5. The van der Waals surface area contributed by atoms with Crippen LogP contribution in [0, 0.1) is 0 Å². The average molecular weight is 666 g/mol. The molecule has 5 aromatic rings. The number of amides is 2. The molecule has 10 heteroatoms.